The average molecular weight is 368 g/mol. The Kier molecular flexibility index (Phi) is 5.09. The second kappa shape index (κ2) is 7.66. The van der Waals surface area contributed by atoms with E-state index < -0.39 is 0 Å². The molecule has 0 N–H and O–H groups in total. The Labute approximate surface area is 160 Å². The zero-order valence-electron chi connectivity index (χ0n) is 16.2. The summed E-state index contributed by atoms with van der Waals surface area (Å²) in [4.78, 5) is 30.3. The van der Waals surface area contributed by atoms with Crippen molar-refractivity contribution in [1.29, 1.82) is 0 Å². The van der Waals surface area contributed by atoms with Crippen LogP contribution >= 0.6 is 0 Å². The van der Waals surface area contributed by atoms with Crippen molar-refractivity contribution < 1.29 is 4.79 Å². The minimum atomic E-state index is 0.156. The number of carbonyl (C=O) groups is 1. The number of hydrogen-bond donors (Lipinski definition) is 0. The molecule has 7 heteroatoms. The highest BCUT2D eigenvalue weighted by Crippen LogP contribution is 2.26. The summed E-state index contributed by atoms with van der Waals surface area (Å²) in [5.74, 6) is 3.80. The number of hydrogen-bond acceptors (Lipinski definition) is 5. The highest BCUT2D eigenvalue weighted by atomic mass is 16.2. The van der Waals surface area contributed by atoms with Crippen LogP contribution in [0, 0.1) is 18.8 Å². The topological polar surface area (TPSA) is 67.2 Å². The largest absolute Gasteiger partial charge is 0.356 e. The lowest BCUT2D eigenvalue weighted by atomic mass is 9.93. The van der Waals surface area contributed by atoms with Crippen molar-refractivity contribution in [3.05, 3.63) is 30.6 Å². The predicted octanol–water partition coefficient (Wildman–Crippen LogP) is 2.45. The van der Waals surface area contributed by atoms with Gasteiger partial charge in [-0.2, -0.15) is 0 Å². The highest BCUT2D eigenvalue weighted by molar-refractivity contribution is 5.79. The molecule has 4 rings (SSSR count). The van der Waals surface area contributed by atoms with Gasteiger partial charge in [0.1, 0.15) is 23.8 Å². The molecule has 4 heterocycles. The summed E-state index contributed by atoms with van der Waals surface area (Å²) in [7, 11) is 0. The Morgan fingerprint density at radius 1 is 1.07 bits per heavy atom. The number of rotatable bonds is 3. The fourth-order valence-electron chi connectivity index (χ4n) is 4.27. The normalized spacial score (nSPS) is 21.5. The molecule has 0 radical (unpaired) electrons. The van der Waals surface area contributed by atoms with Crippen LogP contribution < -0.4 is 4.90 Å². The number of nitrogens with zero attached hydrogens (tertiary/aromatic N) is 6. The van der Waals surface area contributed by atoms with E-state index in [1.807, 2.05) is 23.8 Å². The van der Waals surface area contributed by atoms with Gasteiger partial charge in [0.25, 0.3) is 0 Å². The van der Waals surface area contributed by atoms with Gasteiger partial charge in [-0.3, -0.25) is 9.36 Å². The Bertz CT molecular complexity index is 795. The lowest BCUT2D eigenvalue weighted by Gasteiger charge is -2.37. The summed E-state index contributed by atoms with van der Waals surface area (Å²) >= 11 is 0. The smallest absolute Gasteiger partial charge is 0.225 e. The third-order valence-corrected chi connectivity index (χ3v) is 5.85. The van der Waals surface area contributed by atoms with E-state index in [4.69, 9.17) is 0 Å². The molecule has 0 aliphatic carbocycles. The number of anilines is 1. The van der Waals surface area contributed by atoms with Crippen LogP contribution in [-0.2, 0) is 4.79 Å². The second-order valence-corrected chi connectivity index (χ2v) is 7.87. The molecular weight excluding hydrogens is 340 g/mol. The molecule has 0 bridgehead atoms. The minimum Gasteiger partial charge on any atom is -0.356 e. The molecule has 1 atom stereocenters. The average Bonchev–Trinajstić information content (AvgIpc) is 3.13. The molecule has 2 fully saturated rings. The van der Waals surface area contributed by atoms with Gasteiger partial charge in [-0.05, 0) is 38.5 Å². The standard InChI is InChI=1S/C20H28N6O/c1-15-4-3-8-25(13-15)20(27)17-5-9-24(10-6-17)18-12-19(23-14-22-18)26-11-7-21-16(26)2/h7,11-12,14-15,17H,3-6,8-10,13H2,1-2H3. The van der Waals surface area contributed by atoms with E-state index in [2.05, 4.69) is 31.7 Å². The first-order valence-electron chi connectivity index (χ1n) is 9.98. The van der Waals surface area contributed by atoms with Crippen LogP contribution in [0.15, 0.2) is 24.8 Å². The van der Waals surface area contributed by atoms with Crippen molar-refractivity contribution in [3.63, 3.8) is 0 Å². The lowest BCUT2D eigenvalue weighted by molar-refractivity contribution is -0.137. The SMILES string of the molecule is Cc1nccn1-c1cc(N2CCC(C(=O)N3CCCC(C)C3)CC2)ncn1. The fraction of sp³-hybridized carbons (Fsp3) is 0.600. The van der Waals surface area contributed by atoms with Crippen molar-refractivity contribution in [1.82, 2.24) is 24.4 Å². The van der Waals surface area contributed by atoms with Crippen LogP contribution in [0.2, 0.25) is 0 Å². The van der Waals surface area contributed by atoms with E-state index in [9.17, 15) is 4.79 Å². The number of aryl methyl sites for hydroxylation is 1. The second-order valence-electron chi connectivity index (χ2n) is 7.87. The van der Waals surface area contributed by atoms with E-state index in [1.165, 1.54) is 6.42 Å². The molecular formula is C20H28N6O. The Morgan fingerprint density at radius 2 is 1.85 bits per heavy atom. The number of piperidine rings is 2. The zero-order chi connectivity index (χ0) is 18.8. The molecule has 1 unspecified atom stereocenters. The molecule has 27 heavy (non-hydrogen) atoms. The first-order valence-corrected chi connectivity index (χ1v) is 9.98. The van der Waals surface area contributed by atoms with Crippen molar-refractivity contribution >= 4 is 11.7 Å². The van der Waals surface area contributed by atoms with Crippen molar-refractivity contribution in [2.45, 2.75) is 39.5 Å². The number of likely N-dealkylation sites (tertiary alicyclic amines) is 1. The quantitative estimate of drug-likeness (QED) is 0.832. The Balaban J connectivity index is 1.39. The molecule has 2 aliphatic rings. The number of carbonyl (C=O) groups excluding carboxylic acids is 1. The fourth-order valence-corrected chi connectivity index (χ4v) is 4.27. The first-order chi connectivity index (χ1) is 13.1. The van der Waals surface area contributed by atoms with Crippen molar-refractivity contribution in [3.8, 4) is 5.82 Å². The number of imidazole rings is 1. The van der Waals surface area contributed by atoms with Gasteiger partial charge < -0.3 is 9.80 Å². The van der Waals surface area contributed by atoms with E-state index in [0.717, 1.165) is 62.9 Å². The van der Waals surface area contributed by atoms with Crippen LogP contribution in [-0.4, -0.2) is 56.5 Å². The van der Waals surface area contributed by atoms with Gasteiger partial charge in [0.15, 0.2) is 0 Å². The minimum absolute atomic E-state index is 0.156. The van der Waals surface area contributed by atoms with Crippen LogP contribution in [0.3, 0.4) is 0 Å². The van der Waals surface area contributed by atoms with E-state index in [0.29, 0.717) is 11.8 Å². The molecule has 1 amide bonds. The van der Waals surface area contributed by atoms with Crippen LogP contribution in [0.25, 0.3) is 5.82 Å². The van der Waals surface area contributed by atoms with Gasteiger partial charge in [-0.15, -0.1) is 0 Å². The zero-order valence-corrected chi connectivity index (χ0v) is 16.2. The maximum atomic E-state index is 12.9. The third-order valence-electron chi connectivity index (χ3n) is 5.85. The summed E-state index contributed by atoms with van der Waals surface area (Å²) in [6.07, 6.45) is 9.47. The summed E-state index contributed by atoms with van der Waals surface area (Å²) in [5, 5.41) is 0. The van der Waals surface area contributed by atoms with Crippen molar-refractivity contribution in [2.75, 3.05) is 31.1 Å². The third kappa shape index (κ3) is 3.82. The molecule has 144 valence electrons. The van der Waals surface area contributed by atoms with Gasteiger partial charge in [-0.1, -0.05) is 6.92 Å². The molecule has 2 saturated heterocycles. The summed E-state index contributed by atoms with van der Waals surface area (Å²) in [6, 6.07) is 2.00. The van der Waals surface area contributed by atoms with Crippen LogP contribution in [0.1, 0.15) is 38.4 Å². The first kappa shape index (κ1) is 17.9. The van der Waals surface area contributed by atoms with Gasteiger partial charge in [0, 0.05) is 50.6 Å². The number of aromatic nitrogens is 4. The van der Waals surface area contributed by atoms with E-state index >= 15 is 0 Å². The molecule has 2 aromatic heterocycles. The molecule has 2 aliphatic heterocycles. The summed E-state index contributed by atoms with van der Waals surface area (Å²) in [6.45, 7) is 7.79. The van der Waals surface area contributed by atoms with Gasteiger partial charge in [-0.25, -0.2) is 15.0 Å². The van der Waals surface area contributed by atoms with Crippen molar-refractivity contribution in [2.24, 2.45) is 11.8 Å². The van der Waals surface area contributed by atoms with E-state index in [1.54, 1.807) is 12.5 Å². The van der Waals surface area contributed by atoms with Gasteiger partial charge in [0.2, 0.25) is 5.91 Å². The molecule has 0 saturated carbocycles. The van der Waals surface area contributed by atoms with E-state index in [-0.39, 0.29) is 5.92 Å². The highest BCUT2D eigenvalue weighted by Gasteiger charge is 2.31. The Morgan fingerprint density at radius 3 is 2.56 bits per heavy atom. The summed E-state index contributed by atoms with van der Waals surface area (Å²) in [5.41, 5.74) is 0. The molecule has 0 spiro atoms. The molecule has 0 aromatic carbocycles. The summed E-state index contributed by atoms with van der Waals surface area (Å²) < 4.78 is 1.96. The number of amides is 1. The van der Waals surface area contributed by atoms with Gasteiger partial charge >= 0.3 is 0 Å². The Hall–Kier alpha value is -2.44. The molecule has 2 aromatic rings. The maximum Gasteiger partial charge on any atom is 0.225 e. The molecule has 7 nitrogen and oxygen atoms in total. The van der Waals surface area contributed by atoms with Gasteiger partial charge in [0.05, 0.1) is 0 Å². The lowest BCUT2D eigenvalue weighted by Crippen LogP contribution is -2.46. The monoisotopic (exact) mass is 368 g/mol. The van der Waals surface area contributed by atoms with Crippen LogP contribution in [0.5, 0.6) is 0 Å². The maximum absolute atomic E-state index is 12.9. The van der Waals surface area contributed by atoms with Crippen LogP contribution in [0.4, 0.5) is 5.82 Å². The predicted molar refractivity (Wildman–Crippen MR) is 104 cm³/mol.